The van der Waals surface area contributed by atoms with Crippen molar-refractivity contribution in [2.24, 2.45) is 5.92 Å². The van der Waals surface area contributed by atoms with Gasteiger partial charge in [0.25, 0.3) is 0 Å². The molecule has 132 valence electrons. The minimum atomic E-state index is -0.0927. The first-order chi connectivity index (χ1) is 11.7. The van der Waals surface area contributed by atoms with Gasteiger partial charge in [-0.25, -0.2) is 4.68 Å². The topological polar surface area (TPSA) is 78.3 Å². The van der Waals surface area contributed by atoms with Gasteiger partial charge in [-0.3, -0.25) is 4.79 Å². The van der Waals surface area contributed by atoms with Crippen molar-refractivity contribution >= 4 is 5.91 Å². The summed E-state index contributed by atoms with van der Waals surface area (Å²) in [5.74, 6) is 0.704. The SMILES string of the molecule is CC(=O)NC1COC2C1OCC2n1cc(CC2CCCCC2)nn1. The maximum absolute atomic E-state index is 11.3. The van der Waals surface area contributed by atoms with E-state index < -0.39 is 0 Å². The first-order valence-electron chi connectivity index (χ1n) is 9.12. The van der Waals surface area contributed by atoms with Crippen LogP contribution in [-0.4, -0.2) is 52.4 Å². The summed E-state index contributed by atoms with van der Waals surface area (Å²) < 4.78 is 13.7. The lowest BCUT2D eigenvalue weighted by Gasteiger charge is -2.20. The summed E-state index contributed by atoms with van der Waals surface area (Å²) in [6, 6.07) is -0.0240. The summed E-state index contributed by atoms with van der Waals surface area (Å²) in [5.41, 5.74) is 1.07. The lowest BCUT2D eigenvalue weighted by molar-refractivity contribution is -0.120. The van der Waals surface area contributed by atoms with Gasteiger partial charge in [-0.15, -0.1) is 5.10 Å². The largest absolute Gasteiger partial charge is 0.371 e. The van der Waals surface area contributed by atoms with Gasteiger partial charge in [0.15, 0.2) is 0 Å². The van der Waals surface area contributed by atoms with Crippen LogP contribution in [0.3, 0.4) is 0 Å². The Bertz CT molecular complexity index is 584. The molecule has 7 nitrogen and oxygen atoms in total. The average Bonchev–Trinajstić information content (AvgIpc) is 3.26. The molecule has 3 fully saturated rings. The van der Waals surface area contributed by atoms with Crippen molar-refractivity contribution in [1.29, 1.82) is 0 Å². The third-order valence-corrected chi connectivity index (χ3v) is 5.54. The highest BCUT2D eigenvalue weighted by molar-refractivity contribution is 5.73. The predicted octanol–water partition coefficient (Wildman–Crippen LogP) is 1.24. The Morgan fingerprint density at radius 2 is 2.04 bits per heavy atom. The molecule has 4 unspecified atom stereocenters. The van der Waals surface area contributed by atoms with Crippen molar-refractivity contribution < 1.29 is 14.3 Å². The molecule has 1 amide bonds. The second-order valence-corrected chi connectivity index (χ2v) is 7.37. The zero-order chi connectivity index (χ0) is 16.5. The molecule has 4 rings (SSSR count). The van der Waals surface area contributed by atoms with Crippen LogP contribution >= 0.6 is 0 Å². The van der Waals surface area contributed by atoms with Gasteiger partial charge < -0.3 is 14.8 Å². The fourth-order valence-corrected chi connectivity index (χ4v) is 4.35. The number of ether oxygens (including phenoxy) is 2. The van der Waals surface area contributed by atoms with Gasteiger partial charge in [0.1, 0.15) is 18.2 Å². The Hall–Kier alpha value is -1.47. The average molecular weight is 334 g/mol. The van der Waals surface area contributed by atoms with Crippen LogP contribution in [0, 0.1) is 5.92 Å². The second-order valence-electron chi connectivity index (χ2n) is 7.37. The molecule has 1 saturated carbocycles. The molecule has 4 atom stereocenters. The third-order valence-electron chi connectivity index (χ3n) is 5.54. The van der Waals surface area contributed by atoms with Crippen LogP contribution in [0.4, 0.5) is 0 Å². The molecule has 1 aromatic heterocycles. The Labute approximate surface area is 142 Å². The van der Waals surface area contributed by atoms with Gasteiger partial charge in [0.05, 0.1) is 24.9 Å². The van der Waals surface area contributed by atoms with Crippen LogP contribution in [0.5, 0.6) is 0 Å². The summed E-state index contributed by atoms with van der Waals surface area (Å²) in [5, 5.41) is 11.6. The molecule has 1 aliphatic carbocycles. The van der Waals surface area contributed by atoms with Gasteiger partial charge in [0.2, 0.25) is 5.91 Å². The van der Waals surface area contributed by atoms with Crippen LogP contribution in [-0.2, 0) is 20.7 Å². The highest BCUT2D eigenvalue weighted by Gasteiger charge is 2.49. The van der Waals surface area contributed by atoms with E-state index in [-0.39, 0.29) is 30.2 Å². The molecular weight excluding hydrogens is 308 g/mol. The molecule has 1 N–H and O–H groups in total. The Kier molecular flexibility index (Phi) is 4.54. The zero-order valence-corrected chi connectivity index (χ0v) is 14.2. The maximum Gasteiger partial charge on any atom is 0.217 e. The Morgan fingerprint density at radius 1 is 1.25 bits per heavy atom. The van der Waals surface area contributed by atoms with E-state index in [9.17, 15) is 4.79 Å². The quantitative estimate of drug-likeness (QED) is 0.896. The van der Waals surface area contributed by atoms with E-state index in [2.05, 4.69) is 21.8 Å². The number of amides is 1. The van der Waals surface area contributed by atoms with E-state index in [1.807, 2.05) is 4.68 Å². The maximum atomic E-state index is 11.3. The standard InChI is InChI=1S/C17H26N4O3/c1-11(22)18-14-9-23-17-15(10-24-16(14)17)21-8-13(19-20-21)7-12-5-3-2-4-6-12/h8,12,14-17H,2-7,9-10H2,1H3,(H,18,22). The van der Waals surface area contributed by atoms with Crippen molar-refractivity contribution in [3.8, 4) is 0 Å². The molecule has 3 heterocycles. The normalized spacial score (nSPS) is 33.5. The summed E-state index contributed by atoms with van der Waals surface area (Å²) in [4.78, 5) is 11.3. The molecule has 1 aromatic rings. The molecule has 0 bridgehead atoms. The van der Waals surface area contributed by atoms with E-state index >= 15 is 0 Å². The number of carbonyl (C=O) groups is 1. The molecule has 24 heavy (non-hydrogen) atoms. The minimum absolute atomic E-state index is 0.0429. The summed E-state index contributed by atoms with van der Waals surface area (Å²) in [6.07, 6.45) is 9.61. The molecule has 0 aromatic carbocycles. The number of rotatable bonds is 4. The van der Waals surface area contributed by atoms with Crippen LogP contribution in [0.2, 0.25) is 0 Å². The second kappa shape index (κ2) is 6.80. The number of hydrogen-bond acceptors (Lipinski definition) is 5. The van der Waals surface area contributed by atoms with Gasteiger partial charge in [-0.1, -0.05) is 37.3 Å². The first kappa shape index (κ1) is 16.0. The lowest BCUT2D eigenvalue weighted by atomic mass is 9.86. The highest BCUT2D eigenvalue weighted by atomic mass is 16.6. The number of nitrogens with one attached hydrogen (secondary N) is 1. The lowest BCUT2D eigenvalue weighted by Crippen LogP contribution is -2.43. The fourth-order valence-electron chi connectivity index (χ4n) is 4.35. The van der Waals surface area contributed by atoms with Gasteiger partial charge in [-0.05, 0) is 12.3 Å². The molecule has 7 heteroatoms. The Morgan fingerprint density at radius 3 is 2.83 bits per heavy atom. The van der Waals surface area contributed by atoms with Crippen LogP contribution in [0.15, 0.2) is 6.20 Å². The summed E-state index contributed by atoms with van der Waals surface area (Å²) in [6.45, 7) is 2.57. The van der Waals surface area contributed by atoms with Gasteiger partial charge in [0, 0.05) is 13.1 Å². The van der Waals surface area contributed by atoms with E-state index in [4.69, 9.17) is 9.47 Å². The molecular formula is C17H26N4O3. The number of nitrogens with zero attached hydrogens (tertiary/aromatic N) is 3. The van der Waals surface area contributed by atoms with Crippen molar-refractivity contribution in [2.75, 3.05) is 13.2 Å². The van der Waals surface area contributed by atoms with Gasteiger partial charge >= 0.3 is 0 Å². The number of fused-ring (bicyclic) bond motifs is 1. The monoisotopic (exact) mass is 334 g/mol. The number of hydrogen-bond donors (Lipinski definition) is 1. The summed E-state index contributed by atoms with van der Waals surface area (Å²) >= 11 is 0. The van der Waals surface area contributed by atoms with Crippen LogP contribution in [0.25, 0.3) is 0 Å². The van der Waals surface area contributed by atoms with Crippen molar-refractivity contribution in [2.45, 2.75) is 69.7 Å². The van der Waals surface area contributed by atoms with E-state index in [1.165, 1.54) is 39.0 Å². The third kappa shape index (κ3) is 3.19. The predicted molar refractivity (Wildman–Crippen MR) is 86.4 cm³/mol. The molecule has 2 saturated heterocycles. The van der Waals surface area contributed by atoms with Crippen molar-refractivity contribution in [3.05, 3.63) is 11.9 Å². The minimum Gasteiger partial charge on any atom is -0.371 e. The number of aromatic nitrogens is 3. The van der Waals surface area contributed by atoms with Crippen LogP contribution < -0.4 is 5.32 Å². The fraction of sp³-hybridized carbons (Fsp3) is 0.824. The number of carbonyl (C=O) groups excluding carboxylic acids is 1. The van der Waals surface area contributed by atoms with E-state index in [0.717, 1.165) is 18.0 Å². The first-order valence-corrected chi connectivity index (χ1v) is 9.12. The summed E-state index contributed by atoms with van der Waals surface area (Å²) in [7, 11) is 0. The molecule has 2 aliphatic heterocycles. The Balaban J connectivity index is 1.39. The molecule has 3 aliphatic rings. The van der Waals surface area contributed by atoms with Crippen molar-refractivity contribution in [3.63, 3.8) is 0 Å². The van der Waals surface area contributed by atoms with Gasteiger partial charge in [-0.2, -0.15) is 0 Å². The van der Waals surface area contributed by atoms with Crippen molar-refractivity contribution in [1.82, 2.24) is 20.3 Å². The smallest absolute Gasteiger partial charge is 0.217 e. The highest BCUT2D eigenvalue weighted by Crippen LogP contribution is 2.34. The van der Waals surface area contributed by atoms with E-state index in [0.29, 0.717) is 13.2 Å². The van der Waals surface area contributed by atoms with E-state index in [1.54, 1.807) is 0 Å². The molecule has 0 radical (unpaired) electrons. The molecule has 0 spiro atoms. The zero-order valence-electron chi connectivity index (χ0n) is 14.2. The van der Waals surface area contributed by atoms with Crippen LogP contribution in [0.1, 0.15) is 50.8 Å².